The molecule has 0 aliphatic carbocycles. The first-order valence-corrected chi connectivity index (χ1v) is 25.7. The number of allylic oxidation sites excluding steroid dienone is 1. The van der Waals surface area contributed by atoms with Crippen LogP contribution >= 0.6 is 0 Å². The maximum absolute atomic E-state index is 14.7. The van der Waals surface area contributed by atoms with Crippen molar-refractivity contribution in [1.82, 2.24) is 59.5 Å². The monoisotopic (exact) mass is 1160 g/mol. The third kappa shape index (κ3) is 17.0. The zero-order valence-corrected chi connectivity index (χ0v) is 45.8. The summed E-state index contributed by atoms with van der Waals surface area (Å²) < 4.78 is 83.0. The van der Waals surface area contributed by atoms with Crippen molar-refractivity contribution in [2.75, 3.05) is 14.2 Å². The van der Waals surface area contributed by atoms with Crippen molar-refractivity contribution in [2.24, 2.45) is 0 Å². The molecule has 85 heavy (non-hydrogen) atoms. The average Bonchev–Trinajstić information content (AvgIpc) is 4.46. The third-order valence-corrected chi connectivity index (χ3v) is 12.6. The second-order valence-corrected chi connectivity index (χ2v) is 18.9. The zero-order chi connectivity index (χ0) is 60.3. The van der Waals surface area contributed by atoms with Gasteiger partial charge in [0.25, 0.3) is 0 Å². The molecule has 0 fully saturated rings. The fourth-order valence-electron chi connectivity index (χ4n) is 8.32. The zero-order valence-electron chi connectivity index (χ0n) is 45.8. The molecule has 10 rings (SSSR count). The molecular weight excluding hydrogens is 1110 g/mol. The molecule has 0 bridgehead atoms. The molecule has 0 spiro atoms. The fourth-order valence-corrected chi connectivity index (χ4v) is 8.32. The molecule has 6 aromatic carbocycles. The lowest BCUT2D eigenvalue weighted by molar-refractivity contribution is -0.00936. The lowest BCUT2D eigenvalue weighted by atomic mass is 9.93. The largest absolute Gasteiger partial charge is 0.497 e. The molecule has 0 amide bonds. The predicted molar refractivity (Wildman–Crippen MR) is 297 cm³/mol. The highest BCUT2D eigenvalue weighted by Gasteiger charge is 2.36. The van der Waals surface area contributed by atoms with E-state index in [4.69, 9.17) is 18.9 Å². The van der Waals surface area contributed by atoms with Crippen molar-refractivity contribution in [3.8, 4) is 23.0 Å². The highest BCUT2D eigenvalue weighted by Crippen LogP contribution is 2.30. The Morgan fingerprint density at radius 2 is 0.953 bits per heavy atom. The predicted octanol–water partition coefficient (Wildman–Crippen LogP) is 8.24. The van der Waals surface area contributed by atoms with Crippen molar-refractivity contribution < 1.29 is 61.1 Å². The van der Waals surface area contributed by atoms with Gasteiger partial charge in [0.15, 0.2) is 11.6 Å². The van der Waals surface area contributed by atoms with Gasteiger partial charge in [0.2, 0.25) is 0 Å². The number of methoxy groups -OCH3 is 2. The van der Waals surface area contributed by atoms with Gasteiger partial charge in [-0.05, 0) is 116 Å². The van der Waals surface area contributed by atoms with Crippen LogP contribution < -0.4 is 18.9 Å². The van der Waals surface area contributed by atoms with E-state index in [9.17, 15) is 42.2 Å². The summed E-state index contributed by atoms with van der Waals surface area (Å²) in [5, 5.41) is 46.9. The summed E-state index contributed by atoms with van der Waals surface area (Å²) in [6, 6.07) is 33.6. The Morgan fingerprint density at radius 3 is 1.34 bits per heavy atom. The van der Waals surface area contributed by atoms with Gasteiger partial charge in [0.05, 0.1) is 52.8 Å². The number of aliphatic hydroxyl groups is 2. The van der Waals surface area contributed by atoms with Gasteiger partial charge in [-0.25, -0.2) is 46.3 Å². The van der Waals surface area contributed by atoms with E-state index in [1.807, 2.05) is 12.1 Å². The number of ether oxygens (including phenoxy) is 4. The summed E-state index contributed by atoms with van der Waals surface area (Å²) in [5.74, 6) is -0.792. The van der Waals surface area contributed by atoms with E-state index in [0.717, 1.165) is 29.7 Å². The minimum atomic E-state index is -1.84. The Morgan fingerprint density at radius 1 is 0.541 bits per heavy atom. The summed E-state index contributed by atoms with van der Waals surface area (Å²) in [6.07, 6.45) is 12.4. The van der Waals surface area contributed by atoms with Crippen molar-refractivity contribution >= 4 is 23.9 Å². The minimum absolute atomic E-state index is 0.0765. The van der Waals surface area contributed by atoms with Gasteiger partial charge in [-0.15, -0.1) is 10.2 Å². The number of carbonyl (C=O) groups is 3. The molecule has 2 atom stereocenters. The lowest BCUT2D eigenvalue weighted by Gasteiger charge is -2.28. The van der Waals surface area contributed by atoms with Crippen LogP contribution in [0.3, 0.4) is 0 Å². The first-order valence-electron chi connectivity index (χ1n) is 25.7. The van der Waals surface area contributed by atoms with Crippen LogP contribution in [-0.4, -0.2) is 102 Å². The Labute approximate surface area is 483 Å². The van der Waals surface area contributed by atoms with Crippen LogP contribution in [0, 0.1) is 23.3 Å². The number of ketones is 2. The number of Topliss-reactive ketones (excluding diaryl/α,β-unsaturated/α-hetero) is 1. The van der Waals surface area contributed by atoms with Crippen molar-refractivity contribution in [2.45, 2.75) is 57.5 Å². The molecule has 4 aromatic heterocycles. The fraction of sp³-hybridized carbons (Fsp3) is 0.183. The Hall–Kier alpha value is -10.5. The molecule has 0 radical (unpaired) electrons. The Balaban J connectivity index is 0.000000192. The highest BCUT2D eigenvalue weighted by molar-refractivity contribution is 6.06. The normalized spacial score (nSPS) is 12.4. The number of nitrogens with zero attached hydrogens (tertiary/aromatic N) is 12. The van der Waals surface area contributed by atoms with Gasteiger partial charge < -0.3 is 29.2 Å². The maximum atomic E-state index is 14.7. The van der Waals surface area contributed by atoms with Crippen molar-refractivity contribution in [3.63, 3.8) is 0 Å². The van der Waals surface area contributed by atoms with Gasteiger partial charge in [0, 0.05) is 39.9 Å². The molecule has 10 aromatic rings. The van der Waals surface area contributed by atoms with E-state index in [1.54, 1.807) is 125 Å². The van der Waals surface area contributed by atoms with Gasteiger partial charge in [-0.2, -0.15) is 10.2 Å². The molecule has 436 valence electrons. The minimum Gasteiger partial charge on any atom is -0.497 e. The molecule has 0 aliphatic heterocycles. The van der Waals surface area contributed by atoms with E-state index in [1.165, 1.54) is 62.2 Å². The second kappa shape index (κ2) is 28.4. The topological polar surface area (TPSA) is 251 Å². The van der Waals surface area contributed by atoms with Crippen LogP contribution in [0.2, 0.25) is 0 Å². The molecule has 2 unspecified atom stereocenters. The first-order chi connectivity index (χ1) is 41.0. The second-order valence-electron chi connectivity index (χ2n) is 18.9. The van der Waals surface area contributed by atoms with Crippen LogP contribution in [0.4, 0.5) is 17.6 Å². The summed E-state index contributed by atoms with van der Waals surface area (Å²) in [7, 11) is 3.17. The Kier molecular flexibility index (Phi) is 20.3. The van der Waals surface area contributed by atoms with E-state index in [0.29, 0.717) is 57.5 Å². The summed E-state index contributed by atoms with van der Waals surface area (Å²) in [4.78, 5) is 41.6. The number of rotatable bonds is 23. The van der Waals surface area contributed by atoms with Crippen LogP contribution in [0.1, 0.15) is 66.1 Å². The molecule has 0 saturated carbocycles. The number of benzene rings is 6. The van der Waals surface area contributed by atoms with Crippen LogP contribution in [0.25, 0.3) is 6.08 Å². The number of halogens is 4. The van der Waals surface area contributed by atoms with E-state index < -0.39 is 34.5 Å². The standard InChI is InChI=1S/C30H26F2N6O4.C21H18F2N6O3.C9H10O2/c1-41-25-10-5-22(6-11-25)29(39)13-4-21-2-8-26(9-3-21)42-16-24-15-37(36-35-24)17-30(40,18-38-20-33-19-34-38)27-12-7-23(31)14-28(27)32;22-16-3-6-19(20(23)7-16)21(31,12-29-14-24-13-25-29)11-28-8-17(26-27-28)10-32-18-4-1-15(9-30)2-5-18;1-7(10)8-3-5-9(11-2)6-4-8/h2-15,19-20,40H,16-18H2,1H3;1-9,13-14,31H,10-12H2;3-6H,1-2H3/b13-4+;;. The van der Waals surface area contributed by atoms with Crippen molar-refractivity contribution in [1.29, 1.82) is 0 Å². The van der Waals surface area contributed by atoms with E-state index in [-0.39, 0.29) is 62.1 Å². The highest BCUT2D eigenvalue weighted by atomic mass is 19.1. The average molecular weight is 1160 g/mol. The summed E-state index contributed by atoms with van der Waals surface area (Å²) in [6.45, 7) is 1.03. The number of hydrogen-bond donors (Lipinski definition) is 2. The molecule has 2 N–H and O–H groups in total. The number of aromatic nitrogens is 12. The number of aldehydes is 1. The van der Waals surface area contributed by atoms with Gasteiger partial charge in [-0.1, -0.05) is 40.8 Å². The first kappa shape index (κ1) is 60.6. The van der Waals surface area contributed by atoms with Gasteiger partial charge in [-0.3, -0.25) is 14.4 Å². The molecule has 21 nitrogen and oxygen atoms in total. The summed E-state index contributed by atoms with van der Waals surface area (Å²) >= 11 is 0. The number of carbonyl (C=O) groups excluding carboxylic acids is 3. The van der Waals surface area contributed by atoms with Crippen LogP contribution in [-0.2, 0) is 50.6 Å². The molecule has 0 saturated heterocycles. The van der Waals surface area contributed by atoms with E-state index in [2.05, 4.69) is 40.8 Å². The van der Waals surface area contributed by atoms with E-state index >= 15 is 0 Å². The van der Waals surface area contributed by atoms with Crippen LogP contribution in [0.5, 0.6) is 23.0 Å². The third-order valence-electron chi connectivity index (χ3n) is 12.6. The van der Waals surface area contributed by atoms with Gasteiger partial charge in [0.1, 0.15) is 114 Å². The van der Waals surface area contributed by atoms with Crippen molar-refractivity contribution in [3.05, 3.63) is 245 Å². The quantitative estimate of drug-likeness (QED) is 0.0265. The molecule has 0 aliphatic rings. The maximum Gasteiger partial charge on any atom is 0.185 e. The lowest BCUT2D eigenvalue weighted by Crippen LogP contribution is -2.37. The number of hydrogen-bond acceptors (Lipinski definition) is 17. The smallest absolute Gasteiger partial charge is 0.185 e. The summed E-state index contributed by atoms with van der Waals surface area (Å²) in [5.41, 5.74) is -0.343. The molecular formula is C60H54F4N12O9. The Bertz CT molecular complexity index is 3810. The van der Waals surface area contributed by atoms with Crippen LogP contribution in [0.15, 0.2) is 177 Å². The molecule has 25 heteroatoms. The SMILES string of the molecule is COc1ccc(C(=O)/C=C/c2ccc(OCc3cn(CC(O)(Cn4cncn4)c4ccc(F)cc4F)nn3)cc2)cc1.COc1ccc(C(C)=O)cc1.O=Cc1ccc(OCc2cn(CC(O)(Cn3cncn3)c3ccc(F)cc3F)nn2)cc1. The van der Waals surface area contributed by atoms with Gasteiger partial charge >= 0.3 is 0 Å². The molecule has 4 heterocycles.